The molecular formula is C14H13N3O3S. The molecule has 1 aromatic heterocycles. The Balaban J connectivity index is 1.94. The number of aryl methyl sites for hydroxylation is 1. The Kier molecular flexibility index (Phi) is 3.42. The van der Waals surface area contributed by atoms with E-state index in [1.807, 2.05) is 24.3 Å². The number of carbonyl (C=O) groups is 1. The van der Waals surface area contributed by atoms with Crippen molar-refractivity contribution in [3.05, 3.63) is 41.3 Å². The van der Waals surface area contributed by atoms with Crippen molar-refractivity contribution in [2.45, 2.75) is 17.9 Å². The summed E-state index contributed by atoms with van der Waals surface area (Å²) >= 11 is 1.65. The molecule has 0 fully saturated rings. The Bertz CT molecular complexity index is 697. The second kappa shape index (κ2) is 5.25. The Morgan fingerprint density at radius 3 is 2.90 bits per heavy atom. The molecule has 2 aromatic rings. The third-order valence-electron chi connectivity index (χ3n) is 3.15. The van der Waals surface area contributed by atoms with Gasteiger partial charge < -0.3 is 15.6 Å². The van der Waals surface area contributed by atoms with E-state index in [0.29, 0.717) is 17.3 Å². The lowest BCUT2D eigenvalue weighted by Crippen LogP contribution is -2.20. The first-order chi connectivity index (χ1) is 10.1. The second-order valence-corrected chi connectivity index (χ2v) is 5.66. The SMILES string of the molecule is Cc1nc(C2CSc3ccccc3O2)nc(N)c1C(=O)O. The summed E-state index contributed by atoms with van der Waals surface area (Å²) in [4.78, 5) is 20.5. The third kappa shape index (κ3) is 2.52. The van der Waals surface area contributed by atoms with E-state index in [4.69, 9.17) is 15.6 Å². The summed E-state index contributed by atoms with van der Waals surface area (Å²) in [7, 11) is 0. The van der Waals surface area contributed by atoms with Crippen molar-refractivity contribution in [1.29, 1.82) is 0 Å². The topological polar surface area (TPSA) is 98.3 Å². The van der Waals surface area contributed by atoms with Gasteiger partial charge in [0.2, 0.25) is 0 Å². The molecule has 0 aliphatic carbocycles. The normalized spacial score (nSPS) is 16.9. The lowest BCUT2D eigenvalue weighted by atomic mass is 10.2. The fraction of sp³-hybridized carbons (Fsp3) is 0.214. The van der Waals surface area contributed by atoms with Crippen molar-refractivity contribution in [3.63, 3.8) is 0 Å². The van der Waals surface area contributed by atoms with Gasteiger partial charge in [-0.1, -0.05) is 12.1 Å². The molecule has 0 bridgehead atoms. The van der Waals surface area contributed by atoms with Gasteiger partial charge in [-0.05, 0) is 19.1 Å². The van der Waals surface area contributed by atoms with Crippen molar-refractivity contribution in [3.8, 4) is 5.75 Å². The number of nitrogens with two attached hydrogens (primary N) is 1. The molecule has 21 heavy (non-hydrogen) atoms. The molecule has 0 saturated heterocycles. The molecule has 0 radical (unpaired) electrons. The zero-order valence-corrected chi connectivity index (χ0v) is 12.1. The summed E-state index contributed by atoms with van der Waals surface area (Å²) in [5.74, 6) is 0.693. The third-order valence-corrected chi connectivity index (χ3v) is 4.26. The molecular weight excluding hydrogens is 290 g/mol. The molecule has 1 unspecified atom stereocenters. The van der Waals surface area contributed by atoms with Crippen LogP contribution >= 0.6 is 11.8 Å². The van der Waals surface area contributed by atoms with Gasteiger partial charge in [0, 0.05) is 10.6 Å². The van der Waals surface area contributed by atoms with Crippen LogP contribution < -0.4 is 10.5 Å². The van der Waals surface area contributed by atoms with Gasteiger partial charge >= 0.3 is 5.97 Å². The van der Waals surface area contributed by atoms with Gasteiger partial charge in [0.15, 0.2) is 11.9 Å². The summed E-state index contributed by atoms with van der Waals surface area (Å²) in [5.41, 5.74) is 6.02. The number of ether oxygens (including phenoxy) is 1. The minimum absolute atomic E-state index is 0.0301. The van der Waals surface area contributed by atoms with Crippen molar-refractivity contribution in [1.82, 2.24) is 9.97 Å². The number of para-hydroxylation sites is 1. The average Bonchev–Trinajstić information content (AvgIpc) is 2.45. The number of carboxylic acid groups (broad SMARTS) is 1. The first-order valence-electron chi connectivity index (χ1n) is 6.32. The standard InChI is InChI=1S/C14H13N3O3S/c1-7-11(14(18)19)12(15)17-13(16-7)9-6-21-10-5-3-2-4-8(10)20-9/h2-5,9H,6H2,1H3,(H,18,19)(H2,15,16,17). The van der Waals surface area contributed by atoms with Crippen LogP contribution in [0.25, 0.3) is 0 Å². The summed E-state index contributed by atoms with van der Waals surface area (Å²) in [5, 5.41) is 9.08. The van der Waals surface area contributed by atoms with Crippen LogP contribution in [0.15, 0.2) is 29.2 Å². The molecule has 2 heterocycles. The van der Waals surface area contributed by atoms with E-state index in [0.717, 1.165) is 10.6 Å². The molecule has 1 aliphatic rings. The van der Waals surface area contributed by atoms with E-state index >= 15 is 0 Å². The lowest BCUT2D eigenvalue weighted by molar-refractivity contribution is 0.0696. The number of aromatic carboxylic acids is 1. The number of nitrogen functional groups attached to an aromatic ring is 1. The molecule has 0 saturated carbocycles. The number of benzene rings is 1. The largest absolute Gasteiger partial charge is 0.480 e. The summed E-state index contributed by atoms with van der Waals surface area (Å²) in [6.45, 7) is 1.61. The molecule has 3 rings (SSSR count). The first-order valence-corrected chi connectivity index (χ1v) is 7.30. The van der Waals surface area contributed by atoms with Crippen LogP contribution in [-0.4, -0.2) is 26.8 Å². The van der Waals surface area contributed by atoms with Gasteiger partial charge in [0.05, 0.1) is 5.69 Å². The van der Waals surface area contributed by atoms with Crippen LogP contribution in [0.5, 0.6) is 5.75 Å². The van der Waals surface area contributed by atoms with Crippen LogP contribution in [0.2, 0.25) is 0 Å². The number of anilines is 1. The van der Waals surface area contributed by atoms with Crippen LogP contribution in [0.3, 0.4) is 0 Å². The Morgan fingerprint density at radius 2 is 2.19 bits per heavy atom. The highest BCUT2D eigenvalue weighted by molar-refractivity contribution is 7.99. The Hall–Kier alpha value is -2.28. The Morgan fingerprint density at radius 1 is 1.43 bits per heavy atom. The molecule has 1 aliphatic heterocycles. The number of nitrogens with zero attached hydrogens (tertiary/aromatic N) is 2. The number of thioether (sulfide) groups is 1. The zero-order valence-electron chi connectivity index (χ0n) is 11.2. The highest BCUT2D eigenvalue weighted by Gasteiger charge is 2.26. The lowest BCUT2D eigenvalue weighted by Gasteiger charge is -2.24. The van der Waals surface area contributed by atoms with E-state index in [-0.39, 0.29) is 17.5 Å². The van der Waals surface area contributed by atoms with Crippen molar-refractivity contribution >= 4 is 23.5 Å². The highest BCUT2D eigenvalue weighted by atomic mass is 32.2. The van der Waals surface area contributed by atoms with E-state index < -0.39 is 5.97 Å². The number of carboxylic acids is 1. The summed E-state index contributed by atoms with van der Waals surface area (Å²) in [6, 6.07) is 7.73. The maximum atomic E-state index is 11.1. The maximum absolute atomic E-state index is 11.1. The summed E-state index contributed by atoms with van der Waals surface area (Å²) in [6.07, 6.45) is -0.339. The molecule has 0 amide bonds. The molecule has 0 spiro atoms. The van der Waals surface area contributed by atoms with Gasteiger partial charge in [0.25, 0.3) is 0 Å². The van der Waals surface area contributed by atoms with Crippen molar-refractivity contribution in [2.24, 2.45) is 0 Å². The number of aromatic nitrogens is 2. The minimum atomic E-state index is -1.12. The van der Waals surface area contributed by atoms with Crippen LogP contribution in [0.4, 0.5) is 5.82 Å². The predicted octanol–water partition coefficient (Wildman–Crippen LogP) is 2.29. The van der Waals surface area contributed by atoms with E-state index in [1.165, 1.54) is 0 Å². The monoisotopic (exact) mass is 303 g/mol. The van der Waals surface area contributed by atoms with Gasteiger partial charge in [0.1, 0.15) is 17.1 Å². The minimum Gasteiger partial charge on any atom is -0.480 e. The average molecular weight is 303 g/mol. The van der Waals surface area contributed by atoms with Crippen LogP contribution in [0, 0.1) is 6.92 Å². The predicted molar refractivity (Wildman–Crippen MR) is 78.7 cm³/mol. The van der Waals surface area contributed by atoms with Crippen LogP contribution in [-0.2, 0) is 0 Å². The molecule has 3 N–H and O–H groups in total. The number of hydrogen-bond acceptors (Lipinski definition) is 6. The van der Waals surface area contributed by atoms with Crippen molar-refractivity contribution < 1.29 is 14.6 Å². The van der Waals surface area contributed by atoms with Gasteiger partial charge in [-0.15, -0.1) is 11.8 Å². The smallest absolute Gasteiger partial charge is 0.341 e. The fourth-order valence-corrected chi connectivity index (χ4v) is 3.15. The first kappa shape index (κ1) is 13.7. The van der Waals surface area contributed by atoms with Gasteiger partial charge in [-0.2, -0.15) is 0 Å². The quantitative estimate of drug-likeness (QED) is 0.878. The number of hydrogen-bond donors (Lipinski definition) is 2. The van der Waals surface area contributed by atoms with E-state index in [2.05, 4.69) is 9.97 Å². The van der Waals surface area contributed by atoms with Crippen LogP contribution in [0.1, 0.15) is 28.0 Å². The molecule has 108 valence electrons. The van der Waals surface area contributed by atoms with E-state index in [9.17, 15) is 4.79 Å². The number of fused-ring (bicyclic) bond motifs is 1. The molecule has 1 atom stereocenters. The fourth-order valence-electron chi connectivity index (χ4n) is 2.17. The number of rotatable bonds is 2. The van der Waals surface area contributed by atoms with Gasteiger partial charge in [-0.3, -0.25) is 0 Å². The van der Waals surface area contributed by atoms with Gasteiger partial charge in [-0.25, -0.2) is 14.8 Å². The maximum Gasteiger partial charge on any atom is 0.341 e. The molecule has 1 aromatic carbocycles. The summed E-state index contributed by atoms with van der Waals surface area (Å²) < 4.78 is 5.88. The second-order valence-electron chi connectivity index (χ2n) is 4.60. The molecule has 6 nitrogen and oxygen atoms in total. The Labute approximate surface area is 125 Å². The van der Waals surface area contributed by atoms with E-state index in [1.54, 1.807) is 18.7 Å². The van der Waals surface area contributed by atoms with Crippen molar-refractivity contribution in [2.75, 3.05) is 11.5 Å². The zero-order chi connectivity index (χ0) is 15.0. The highest BCUT2D eigenvalue weighted by Crippen LogP contribution is 2.39. The molecule has 7 heteroatoms.